The maximum absolute atomic E-state index is 12.9. The van der Waals surface area contributed by atoms with E-state index in [1.807, 2.05) is 6.92 Å². The molecular weight excluding hydrogens is 353 g/mol. The van der Waals surface area contributed by atoms with E-state index in [2.05, 4.69) is 26.7 Å². The van der Waals surface area contributed by atoms with Gasteiger partial charge in [-0.2, -0.15) is 18.2 Å². The van der Waals surface area contributed by atoms with Gasteiger partial charge in [0.05, 0.1) is 5.56 Å². The number of rotatable bonds is 6. The first-order valence-electron chi connectivity index (χ1n) is 9.12. The predicted octanol–water partition coefficient (Wildman–Crippen LogP) is 5.85. The highest BCUT2D eigenvalue weighted by Gasteiger charge is 2.30. The van der Waals surface area contributed by atoms with E-state index in [9.17, 15) is 13.2 Å². The molecule has 0 fully saturated rings. The number of halogens is 3. The second-order valence-electron chi connectivity index (χ2n) is 6.71. The highest BCUT2D eigenvalue weighted by atomic mass is 19.4. The lowest BCUT2D eigenvalue weighted by molar-refractivity contribution is -0.137. The quantitative estimate of drug-likeness (QED) is 0.621. The molecule has 1 aromatic carbocycles. The number of hydrogen-bond donors (Lipinski definition) is 2. The number of nitrogens with one attached hydrogen (secondary N) is 2. The molecule has 0 bridgehead atoms. The second-order valence-corrected chi connectivity index (χ2v) is 6.71. The number of nitrogens with zero attached hydrogens (tertiary/aromatic N) is 2. The number of benzene rings is 1. The van der Waals surface area contributed by atoms with Gasteiger partial charge in [-0.05, 0) is 57.2 Å². The van der Waals surface area contributed by atoms with Gasteiger partial charge in [-0.15, -0.1) is 0 Å². The fourth-order valence-corrected chi connectivity index (χ4v) is 3.10. The molecule has 1 heterocycles. The molecule has 2 aromatic rings. The molecule has 1 aromatic heterocycles. The number of aryl methyl sites for hydroxylation is 1. The number of anilines is 3. The van der Waals surface area contributed by atoms with Crippen molar-refractivity contribution in [1.82, 2.24) is 9.97 Å². The summed E-state index contributed by atoms with van der Waals surface area (Å²) >= 11 is 0. The summed E-state index contributed by atoms with van der Waals surface area (Å²) in [6, 6.07) is 6.77. The van der Waals surface area contributed by atoms with Crippen LogP contribution in [0.2, 0.25) is 0 Å². The lowest BCUT2D eigenvalue weighted by Crippen LogP contribution is -2.09. The van der Waals surface area contributed by atoms with Crippen LogP contribution in [0, 0.1) is 6.92 Å². The zero-order valence-corrected chi connectivity index (χ0v) is 15.2. The number of allylic oxidation sites excluding steroid dienone is 1. The smallest absolute Gasteiger partial charge is 0.354 e. The minimum absolute atomic E-state index is 0.334. The van der Waals surface area contributed by atoms with E-state index in [-0.39, 0.29) is 0 Å². The molecule has 3 rings (SSSR count). The topological polar surface area (TPSA) is 49.8 Å². The van der Waals surface area contributed by atoms with Crippen molar-refractivity contribution in [1.29, 1.82) is 0 Å². The Morgan fingerprint density at radius 2 is 1.96 bits per heavy atom. The molecular formula is C20H23F3N4. The summed E-state index contributed by atoms with van der Waals surface area (Å²) in [5, 5.41) is 6.15. The first kappa shape index (κ1) is 19.2. The van der Waals surface area contributed by atoms with Crippen LogP contribution in [-0.2, 0) is 6.18 Å². The molecule has 0 atom stereocenters. The highest BCUT2D eigenvalue weighted by molar-refractivity contribution is 5.58. The third kappa shape index (κ3) is 5.70. The van der Waals surface area contributed by atoms with Crippen molar-refractivity contribution in [2.75, 3.05) is 17.2 Å². The van der Waals surface area contributed by atoms with Gasteiger partial charge in [0.2, 0.25) is 5.95 Å². The lowest BCUT2D eigenvalue weighted by Gasteiger charge is -2.14. The Morgan fingerprint density at radius 3 is 2.70 bits per heavy atom. The number of aromatic nitrogens is 2. The summed E-state index contributed by atoms with van der Waals surface area (Å²) in [4.78, 5) is 8.72. The highest BCUT2D eigenvalue weighted by Crippen LogP contribution is 2.31. The third-order valence-corrected chi connectivity index (χ3v) is 4.43. The SMILES string of the molecule is Cc1cc(Nc2cccc(C(F)(F)F)c2)nc(NCCC2=CCCCC2)n1. The average Bonchev–Trinajstić information content (AvgIpc) is 2.62. The van der Waals surface area contributed by atoms with Crippen LogP contribution in [0.3, 0.4) is 0 Å². The molecule has 2 N–H and O–H groups in total. The van der Waals surface area contributed by atoms with Gasteiger partial charge in [-0.1, -0.05) is 17.7 Å². The Hall–Kier alpha value is -2.57. The van der Waals surface area contributed by atoms with E-state index >= 15 is 0 Å². The molecule has 27 heavy (non-hydrogen) atoms. The van der Waals surface area contributed by atoms with Gasteiger partial charge < -0.3 is 10.6 Å². The Kier molecular flexibility index (Phi) is 5.98. The minimum atomic E-state index is -4.38. The zero-order valence-electron chi connectivity index (χ0n) is 15.2. The van der Waals surface area contributed by atoms with Crippen molar-refractivity contribution in [2.45, 2.75) is 45.2 Å². The van der Waals surface area contributed by atoms with Gasteiger partial charge in [-0.3, -0.25) is 0 Å². The maximum atomic E-state index is 12.9. The van der Waals surface area contributed by atoms with E-state index < -0.39 is 11.7 Å². The average molecular weight is 376 g/mol. The largest absolute Gasteiger partial charge is 0.416 e. The fraction of sp³-hybridized carbons (Fsp3) is 0.400. The van der Waals surface area contributed by atoms with Gasteiger partial charge in [0.15, 0.2) is 0 Å². The predicted molar refractivity (Wildman–Crippen MR) is 101 cm³/mol. The van der Waals surface area contributed by atoms with Crippen LogP contribution in [0.1, 0.15) is 43.4 Å². The molecule has 1 aliphatic rings. The van der Waals surface area contributed by atoms with E-state index in [1.54, 1.807) is 12.1 Å². The molecule has 0 radical (unpaired) electrons. The summed E-state index contributed by atoms with van der Waals surface area (Å²) in [5.74, 6) is 0.932. The van der Waals surface area contributed by atoms with Crippen LogP contribution < -0.4 is 10.6 Å². The molecule has 0 spiro atoms. The van der Waals surface area contributed by atoms with Gasteiger partial charge in [0.1, 0.15) is 5.82 Å². The van der Waals surface area contributed by atoms with E-state index in [0.717, 1.165) is 43.6 Å². The van der Waals surface area contributed by atoms with Gasteiger partial charge in [0, 0.05) is 24.0 Å². The normalized spacial score (nSPS) is 14.6. The monoisotopic (exact) mass is 376 g/mol. The van der Waals surface area contributed by atoms with Crippen LogP contribution in [0.4, 0.5) is 30.6 Å². The molecule has 144 valence electrons. The van der Waals surface area contributed by atoms with Crippen LogP contribution >= 0.6 is 0 Å². The summed E-state index contributed by atoms with van der Waals surface area (Å²) in [7, 11) is 0. The van der Waals surface area contributed by atoms with Crippen molar-refractivity contribution in [2.24, 2.45) is 0 Å². The Morgan fingerprint density at radius 1 is 1.11 bits per heavy atom. The van der Waals surface area contributed by atoms with Crippen LogP contribution in [-0.4, -0.2) is 16.5 Å². The molecule has 0 aliphatic heterocycles. The number of alkyl halides is 3. The molecule has 7 heteroatoms. The van der Waals surface area contributed by atoms with E-state index in [1.165, 1.54) is 24.5 Å². The zero-order chi connectivity index (χ0) is 19.3. The second kappa shape index (κ2) is 8.41. The van der Waals surface area contributed by atoms with Crippen molar-refractivity contribution < 1.29 is 13.2 Å². The first-order valence-corrected chi connectivity index (χ1v) is 9.12. The van der Waals surface area contributed by atoms with Gasteiger partial charge in [-0.25, -0.2) is 4.98 Å². The summed E-state index contributed by atoms with van der Waals surface area (Å²) in [5.41, 5.74) is 1.83. The van der Waals surface area contributed by atoms with Crippen molar-refractivity contribution in [3.63, 3.8) is 0 Å². The molecule has 0 saturated carbocycles. The van der Waals surface area contributed by atoms with E-state index in [4.69, 9.17) is 0 Å². The maximum Gasteiger partial charge on any atom is 0.416 e. The standard InChI is InChI=1S/C20H23F3N4/c1-14-12-18(26-17-9-5-8-16(13-17)20(21,22)23)27-19(25-14)24-11-10-15-6-3-2-4-7-15/h5-6,8-9,12-13H,2-4,7,10-11H2,1H3,(H2,24,25,26,27). The Balaban J connectivity index is 1.65. The minimum Gasteiger partial charge on any atom is -0.354 e. The van der Waals surface area contributed by atoms with Gasteiger partial charge in [0.25, 0.3) is 0 Å². The van der Waals surface area contributed by atoms with Crippen molar-refractivity contribution in [3.05, 3.63) is 53.2 Å². The summed E-state index contributed by atoms with van der Waals surface area (Å²) < 4.78 is 38.6. The number of hydrogen-bond acceptors (Lipinski definition) is 4. The summed E-state index contributed by atoms with van der Waals surface area (Å²) in [6.07, 6.45) is 3.71. The van der Waals surface area contributed by atoms with E-state index in [0.29, 0.717) is 17.5 Å². The molecule has 0 unspecified atom stereocenters. The molecule has 0 amide bonds. The van der Waals surface area contributed by atoms with Crippen molar-refractivity contribution in [3.8, 4) is 0 Å². The van der Waals surface area contributed by atoms with Crippen LogP contribution in [0.5, 0.6) is 0 Å². The summed E-state index contributed by atoms with van der Waals surface area (Å²) in [6.45, 7) is 2.56. The lowest BCUT2D eigenvalue weighted by atomic mass is 9.97. The Labute approximate surface area is 156 Å². The first-order chi connectivity index (χ1) is 12.9. The molecule has 1 aliphatic carbocycles. The molecule has 0 saturated heterocycles. The Bertz CT molecular complexity index is 815. The van der Waals surface area contributed by atoms with Gasteiger partial charge >= 0.3 is 6.18 Å². The fourth-order valence-electron chi connectivity index (χ4n) is 3.10. The van der Waals surface area contributed by atoms with Crippen LogP contribution in [0.15, 0.2) is 42.0 Å². The molecule has 4 nitrogen and oxygen atoms in total. The van der Waals surface area contributed by atoms with Crippen LogP contribution in [0.25, 0.3) is 0 Å². The van der Waals surface area contributed by atoms with Crippen molar-refractivity contribution >= 4 is 17.5 Å². The third-order valence-electron chi connectivity index (χ3n) is 4.43.